The van der Waals surface area contributed by atoms with E-state index in [9.17, 15) is 18.0 Å². The molecule has 3 heterocycles. The largest absolute Gasteiger partial charge is 0.430 e. The van der Waals surface area contributed by atoms with Gasteiger partial charge in [0.15, 0.2) is 5.82 Å². The number of aryl methyl sites for hydroxylation is 1. The molecule has 164 valence electrons. The molecule has 0 bridgehead atoms. The fourth-order valence-corrected chi connectivity index (χ4v) is 3.30. The second-order valence-electron chi connectivity index (χ2n) is 7.27. The first kappa shape index (κ1) is 21.8. The van der Waals surface area contributed by atoms with E-state index in [-0.39, 0.29) is 24.5 Å². The van der Waals surface area contributed by atoms with E-state index < -0.39 is 18.0 Å². The van der Waals surface area contributed by atoms with Crippen molar-refractivity contribution >= 4 is 29.6 Å². The van der Waals surface area contributed by atoms with Crippen LogP contribution in [0.1, 0.15) is 19.0 Å². The molecule has 0 radical (unpaired) electrons. The number of carbonyl (C=O) groups excluding carboxylic acids is 1. The molecule has 9 nitrogen and oxygen atoms in total. The molecule has 0 saturated carbocycles. The van der Waals surface area contributed by atoms with Gasteiger partial charge in [0.25, 0.3) is 0 Å². The van der Waals surface area contributed by atoms with E-state index in [1.165, 1.54) is 0 Å². The number of hydrogen-bond donors (Lipinski definition) is 4. The van der Waals surface area contributed by atoms with Gasteiger partial charge in [0, 0.05) is 19.8 Å². The average Bonchev–Trinajstić information content (AvgIpc) is 3.11. The van der Waals surface area contributed by atoms with Gasteiger partial charge in [-0.05, 0) is 26.3 Å². The van der Waals surface area contributed by atoms with E-state index >= 15 is 0 Å². The molecule has 0 aromatic carbocycles. The lowest BCUT2D eigenvalue weighted by Gasteiger charge is -2.32. The Bertz CT molecular complexity index is 859. The zero-order valence-electron chi connectivity index (χ0n) is 16.8. The van der Waals surface area contributed by atoms with Crippen LogP contribution in [0.25, 0.3) is 0 Å². The van der Waals surface area contributed by atoms with Crippen LogP contribution >= 0.6 is 0 Å². The monoisotopic (exact) mass is 427 g/mol. The number of alkyl halides is 3. The highest BCUT2D eigenvalue weighted by Crippen LogP contribution is 2.32. The standard InChI is InChI=1S/C18H24F3N7O2/c1-9-14-15(28(3)10(2)16(29)26-14)27-17(24-9)25-11-6-12(30-8-11)7-23-13(4-5-22)18(19,20)21/h4-5,10-12,22-23H,6-8H2,1-3H3,(H,26,29)(H,24,25,27)/b13-4-,22-5?/t10-,11+,12-/m0/s1. The highest BCUT2D eigenvalue weighted by atomic mass is 19.4. The smallest absolute Gasteiger partial charge is 0.378 e. The van der Waals surface area contributed by atoms with Crippen molar-refractivity contribution in [1.29, 1.82) is 5.41 Å². The fourth-order valence-electron chi connectivity index (χ4n) is 3.30. The van der Waals surface area contributed by atoms with Crippen molar-refractivity contribution < 1.29 is 22.7 Å². The number of rotatable bonds is 6. The summed E-state index contributed by atoms with van der Waals surface area (Å²) in [5.74, 6) is 0.830. The first-order valence-electron chi connectivity index (χ1n) is 9.42. The second-order valence-corrected chi connectivity index (χ2v) is 7.27. The Morgan fingerprint density at radius 3 is 2.83 bits per heavy atom. The third-order valence-electron chi connectivity index (χ3n) is 5.10. The molecule has 0 unspecified atom stereocenters. The molecule has 30 heavy (non-hydrogen) atoms. The molecule has 3 rings (SSSR count). The van der Waals surface area contributed by atoms with Crippen LogP contribution < -0.4 is 20.9 Å². The molecule has 3 atom stereocenters. The quantitative estimate of drug-likeness (QED) is 0.512. The van der Waals surface area contributed by atoms with Crippen LogP contribution in [0.4, 0.5) is 30.6 Å². The molecule has 4 N–H and O–H groups in total. The molecule has 1 aromatic rings. The van der Waals surface area contributed by atoms with Crippen LogP contribution in [0, 0.1) is 12.3 Å². The minimum absolute atomic E-state index is 0.0340. The molecule has 0 aliphatic carbocycles. The van der Waals surface area contributed by atoms with Crippen molar-refractivity contribution in [2.24, 2.45) is 0 Å². The first-order chi connectivity index (χ1) is 14.1. The predicted molar refractivity (Wildman–Crippen MR) is 106 cm³/mol. The molecule has 0 spiro atoms. The molecular weight excluding hydrogens is 403 g/mol. The number of likely N-dealkylation sites (N-methyl/N-ethyl adjacent to an activating group) is 1. The molecule has 1 amide bonds. The summed E-state index contributed by atoms with van der Waals surface area (Å²) >= 11 is 0. The number of halogens is 3. The number of fused-ring (bicyclic) bond motifs is 1. The van der Waals surface area contributed by atoms with Crippen LogP contribution in [-0.2, 0) is 9.53 Å². The van der Waals surface area contributed by atoms with E-state index in [1.54, 1.807) is 25.8 Å². The van der Waals surface area contributed by atoms with Crippen molar-refractivity contribution in [3.8, 4) is 0 Å². The average molecular weight is 427 g/mol. The molecule has 1 fully saturated rings. The Morgan fingerprint density at radius 2 is 2.17 bits per heavy atom. The maximum absolute atomic E-state index is 12.9. The predicted octanol–water partition coefficient (Wildman–Crippen LogP) is 1.82. The summed E-state index contributed by atoms with van der Waals surface area (Å²) < 4.78 is 44.2. The van der Waals surface area contributed by atoms with Crippen LogP contribution in [0.2, 0.25) is 0 Å². The second kappa shape index (κ2) is 8.46. The lowest BCUT2D eigenvalue weighted by atomic mass is 10.1. The topological polar surface area (TPSA) is 115 Å². The van der Waals surface area contributed by atoms with Gasteiger partial charge in [-0.1, -0.05) is 0 Å². The summed E-state index contributed by atoms with van der Waals surface area (Å²) in [6, 6.07) is -0.544. The molecular formula is C18H24F3N7O2. The van der Waals surface area contributed by atoms with Gasteiger partial charge in [0.1, 0.15) is 17.4 Å². The van der Waals surface area contributed by atoms with Gasteiger partial charge in [-0.25, -0.2) is 4.98 Å². The number of nitrogens with one attached hydrogen (secondary N) is 4. The van der Waals surface area contributed by atoms with Gasteiger partial charge in [-0.2, -0.15) is 18.2 Å². The van der Waals surface area contributed by atoms with E-state index in [2.05, 4.69) is 25.9 Å². The van der Waals surface area contributed by atoms with E-state index in [0.717, 1.165) is 0 Å². The Kier molecular flexibility index (Phi) is 6.15. The number of allylic oxidation sites excluding steroid dienone is 2. The van der Waals surface area contributed by atoms with Crippen molar-refractivity contribution in [1.82, 2.24) is 15.3 Å². The zero-order chi connectivity index (χ0) is 22.1. The Hall–Kier alpha value is -2.89. The SMILES string of the molecule is Cc1nc(N[C@H]2CO[C@H](CN/C(=C\C=N)C(F)(F)F)C2)nc2c1NC(=O)[C@H](C)N2C. The minimum Gasteiger partial charge on any atom is -0.378 e. The van der Waals surface area contributed by atoms with E-state index in [1.807, 2.05) is 0 Å². The van der Waals surface area contributed by atoms with Gasteiger partial charge < -0.3 is 31.0 Å². The molecule has 12 heteroatoms. The number of aromatic nitrogens is 2. The Balaban J connectivity index is 1.62. The molecule has 1 aromatic heterocycles. The molecule has 1 saturated heterocycles. The minimum atomic E-state index is -4.55. The van der Waals surface area contributed by atoms with Crippen LogP contribution in [0.3, 0.4) is 0 Å². The lowest BCUT2D eigenvalue weighted by Crippen LogP contribution is -2.45. The highest BCUT2D eigenvalue weighted by molar-refractivity contribution is 6.03. The van der Waals surface area contributed by atoms with E-state index in [4.69, 9.17) is 10.1 Å². The third-order valence-corrected chi connectivity index (χ3v) is 5.10. The number of carbonyl (C=O) groups is 1. The van der Waals surface area contributed by atoms with E-state index in [0.29, 0.717) is 48.5 Å². The third kappa shape index (κ3) is 4.64. The van der Waals surface area contributed by atoms with Gasteiger partial charge in [0.05, 0.1) is 24.4 Å². The maximum atomic E-state index is 12.9. The van der Waals surface area contributed by atoms with Crippen molar-refractivity contribution in [2.45, 2.75) is 44.6 Å². The van der Waals surface area contributed by atoms with Crippen LogP contribution in [0.5, 0.6) is 0 Å². The van der Waals surface area contributed by atoms with Gasteiger partial charge in [-0.15, -0.1) is 0 Å². The summed E-state index contributed by atoms with van der Waals surface area (Å²) in [6.45, 7) is 3.80. The first-order valence-corrected chi connectivity index (χ1v) is 9.42. The zero-order valence-corrected chi connectivity index (χ0v) is 16.8. The number of anilines is 3. The van der Waals surface area contributed by atoms with Crippen LogP contribution in [-0.4, -0.2) is 66.7 Å². The molecule has 2 aliphatic rings. The normalized spacial score (nSPS) is 24.3. The number of ether oxygens (including phenoxy) is 1. The van der Waals surface area contributed by atoms with Crippen molar-refractivity contribution in [3.05, 3.63) is 17.5 Å². The Labute approximate surface area is 171 Å². The number of nitrogens with zero attached hydrogens (tertiary/aromatic N) is 3. The van der Waals surface area contributed by atoms with Crippen molar-refractivity contribution in [2.75, 3.05) is 35.7 Å². The fraction of sp³-hybridized carbons (Fsp3) is 0.556. The number of hydrogen-bond acceptors (Lipinski definition) is 8. The lowest BCUT2D eigenvalue weighted by molar-refractivity contribution is -0.117. The number of amides is 1. The van der Waals surface area contributed by atoms with Gasteiger partial charge in [0.2, 0.25) is 11.9 Å². The Morgan fingerprint density at radius 1 is 1.43 bits per heavy atom. The van der Waals surface area contributed by atoms with Gasteiger partial charge in [-0.3, -0.25) is 4.79 Å². The summed E-state index contributed by atoms with van der Waals surface area (Å²) in [5.41, 5.74) is 0.192. The summed E-state index contributed by atoms with van der Waals surface area (Å²) in [4.78, 5) is 22.6. The summed E-state index contributed by atoms with van der Waals surface area (Å²) in [5, 5.41) is 15.1. The van der Waals surface area contributed by atoms with Crippen molar-refractivity contribution in [3.63, 3.8) is 0 Å². The van der Waals surface area contributed by atoms with Crippen LogP contribution in [0.15, 0.2) is 11.8 Å². The summed E-state index contributed by atoms with van der Waals surface area (Å²) in [7, 11) is 1.78. The molecule has 2 aliphatic heterocycles. The van der Waals surface area contributed by atoms with Gasteiger partial charge >= 0.3 is 6.18 Å². The summed E-state index contributed by atoms with van der Waals surface area (Å²) in [6.07, 6.45) is -3.26. The highest BCUT2D eigenvalue weighted by Gasteiger charge is 2.35. The maximum Gasteiger partial charge on any atom is 0.430 e.